The molecule has 1 saturated carbocycles. The molecule has 0 aromatic heterocycles. The highest BCUT2D eigenvalue weighted by Gasteiger charge is 2.47. The van der Waals surface area contributed by atoms with Crippen molar-refractivity contribution in [3.05, 3.63) is 12.2 Å². The lowest BCUT2D eigenvalue weighted by Crippen LogP contribution is -2.45. The van der Waals surface area contributed by atoms with Gasteiger partial charge in [0.15, 0.2) is 16.6 Å². The average molecular weight is 383 g/mol. The third kappa shape index (κ3) is 4.51. The minimum Gasteiger partial charge on any atom is -0.417 e. The smallest absolute Gasteiger partial charge is 0.191 e. The van der Waals surface area contributed by atoms with Gasteiger partial charge in [0.25, 0.3) is 0 Å². The van der Waals surface area contributed by atoms with Gasteiger partial charge in [-0.3, -0.25) is 0 Å². The fourth-order valence-corrected chi connectivity index (χ4v) is 5.65. The Labute approximate surface area is 159 Å². The van der Waals surface area contributed by atoms with Gasteiger partial charge in [0, 0.05) is 13.2 Å². The van der Waals surface area contributed by atoms with E-state index in [-0.39, 0.29) is 10.1 Å². The molecule has 4 heteroatoms. The molecule has 2 rings (SSSR count). The Morgan fingerprint density at radius 2 is 1.04 bits per heavy atom. The molecule has 0 amide bonds. The maximum Gasteiger partial charge on any atom is 0.191 e. The molecule has 0 aliphatic heterocycles. The largest absolute Gasteiger partial charge is 0.417 e. The van der Waals surface area contributed by atoms with Crippen LogP contribution in [0, 0.1) is 23.7 Å². The molecule has 146 valence electrons. The number of allylic oxidation sites excluding steroid dienone is 2. The molecule has 2 nitrogen and oxygen atoms in total. The van der Waals surface area contributed by atoms with Crippen LogP contribution in [0.1, 0.15) is 48.0 Å². The zero-order valence-corrected chi connectivity index (χ0v) is 20.4. The van der Waals surface area contributed by atoms with Crippen LogP contribution >= 0.6 is 0 Å². The lowest BCUT2D eigenvalue weighted by atomic mass is 9.84. The molecule has 0 unspecified atom stereocenters. The topological polar surface area (TPSA) is 18.5 Å². The van der Waals surface area contributed by atoms with E-state index in [9.17, 15) is 0 Å². The quantitative estimate of drug-likeness (QED) is 0.387. The van der Waals surface area contributed by atoms with Crippen molar-refractivity contribution in [1.29, 1.82) is 0 Å². The summed E-state index contributed by atoms with van der Waals surface area (Å²) in [5.74, 6) is 2.72. The van der Waals surface area contributed by atoms with Crippen molar-refractivity contribution in [1.82, 2.24) is 0 Å². The molecule has 1 fully saturated rings. The summed E-state index contributed by atoms with van der Waals surface area (Å²) >= 11 is 0. The first kappa shape index (κ1) is 21.4. The Morgan fingerprint density at radius 3 is 1.32 bits per heavy atom. The standard InChI is InChI=1S/C21H42O2Si2/c1-20(2,3)24(7,8)22-14-18-16-11-12-17(13-16)19(18)15-23-25(9,10)21(4,5)6/h11-12,16-19H,13-15H2,1-10H3/t16-,17+,18+,19-. The Hall–Kier alpha value is 0.0938. The average Bonchev–Trinajstić information content (AvgIpc) is 3.01. The first-order valence-electron chi connectivity index (χ1n) is 10.1. The normalized spacial score (nSPS) is 30.3. The maximum atomic E-state index is 6.62. The van der Waals surface area contributed by atoms with Gasteiger partial charge < -0.3 is 8.85 Å². The first-order valence-corrected chi connectivity index (χ1v) is 15.9. The van der Waals surface area contributed by atoms with Crippen molar-refractivity contribution in [2.75, 3.05) is 13.2 Å². The zero-order chi connectivity index (χ0) is 19.3. The van der Waals surface area contributed by atoms with E-state index in [1.54, 1.807) is 0 Å². The third-order valence-corrected chi connectivity index (χ3v) is 16.7. The number of hydrogen-bond acceptors (Lipinski definition) is 2. The number of rotatable bonds is 6. The summed E-state index contributed by atoms with van der Waals surface area (Å²) < 4.78 is 13.2. The molecule has 0 heterocycles. The van der Waals surface area contributed by atoms with E-state index in [1.165, 1.54) is 6.42 Å². The summed E-state index contributed by atoms with van der Waals surface area (Å²) in [7, 11) is -3.35. The summed E-state index contributed by atoms with van der Waals surface area (Å²) in [6.45, 7) is 25.3. The summed E-state index contributed by atoms with van der Waals surface area (Å²) in [5.41, 5.74) is 0. The van der Waals surface area contributed by atoms with Gasteiger partial charge in [-0.05, 0) is 66.4 Å². The zero-order valence-electron chi connectivity index (χ0n) is 18.4. The van der Waals surface area contributed by atoms with Gasteiger partial charge in [0.05, 0.1) is 0 Å². The predicted octanol–water partition coefficient (Wildman–Crippen LogP) is 6.47. The number of hydrogen-bond donors (Lipinski definition) is 0. The summed E-state index contributed by atoms with van der Waals surface area (Å²) in [5, 5.41) is 0.571. The SMILES string of the molecule is CC(C)(C)[Si](C)(C)OC[C@@H]1[C@H](CO[Si](C)(C)C(C)(C)C)[C@H]2C=C[C@@H]1C2. The van der Waals surface area contributed by atoms with Crippen LogP contribution in [0.25, 0.3) is 0 Å². The van der Waals surface area contributed by atoms with E-state index >= 15 is 0 Å². The molecule has 0 aromatic rings. The fourth-order valence-electron chi connectivity index (χ4n) is 3.56. The van der Waals surface area contributed by atoms with Crippen molar-refractivity contribution in [2.24, 2.45) is 23.7 Å². The second kappa shape index (κ2) is 6.92. The molecular weight excluding hydrogens is 340 g/mol. The first-order chi connectivity index (χ1) is 11.2. The van der Waals surface area contributed by atoms with E-state index in [0.717, 1.165) is 13.2 Å². The summed E-state index contributed by atoms with van der Waals surface area (Å²) in [6.07, 6.45) is 6.22. The van der Waals surface area contributed by atoms with Crippen LogP contribution in [-0.2, 0) is 8.85 Å². The Balaban J connectivity index is 2.01. The molecule has 0 aromatic carbocycles. The molecule has 2 bridgehead atoms. The van der Waals surface area contributed by atoms with E-state index in [4.69, 9.17) is 8.85 Å². The lowest BCUT2D eigenvalue weighted by molar-refractivity contribution is 0.119. The molecule has 25 heavy (non-hydrogen) atoms. The maximum absolute atomic E-state index is 6.62. The second-order valence-electron chi connectivity index (χ2n) is 11.4. The van der Waals surface area contributed by atoms with Crippen LogP contribution in [0.2, 0.25) is 36.3 Å². The van der Waals surface area contributed by atoms with Gasteiger partial charge in [-0.1, -0.05) is 53.7 Å². The van der Waals surface area contributed by atoms with Crippen molar-refractivity contribution < 1.29 is 8.85 Å². The van der Waals surface area contributed by atoms with Gasteiger partial charge >= 0.3 is 0 Å². The summed E-state index contributed by atoms with van der Waals surface area (Å²) in [4.78, 5) is 0. The lowest BCUT2D eigenvalue weighted by Gasteiger charge is -2.40. The van der Waals surface area contributed by atoms with Gasteiger partial charge in [0.2, 0.25) is 0 Å². The molecule has 0 N–H and O–H groups in total. The third-order valence-electron chi connectivity index (χ3n) is 7.69. The van der Waals surface area contributed by atoms with E-state index in [1.807, 2.05) is 0 Å². The van der Waals surface area contributed by atoms with Crippen molar-refractivity contribution in [3.8, 4) is 0 Å². The van der Waals surface area contributed by atoms with Crippen LogP contribution in [-0.4, -0.2) is 29.8 Å². The highest BCUT2D eigenvalue weighted by molar-refractivity contribution is 6.74. The van der Waals surface area contributed by atoms with Crippen LogP contribution < -0.4 is 0 Å². The van der Waals surface area contributed by atoms with Crippen molar-refractivity contribution in [3.63, 3.8) is 0 Å². The molecule has 2 aliphatic rings. The molecule has 0 spiro atoms. The van der Waals surface area contributed by atoms with Crippen LogP contribution in [0.5, 0.6) is 0 Å². The van der Waals surface area contributed by atoms with Crippen molar-refractivity contribution >= 4 is 16.6 Å². The summed E-state index contributed by atoms with van der Waals surface area (Å²) in [6, 6.07) is 0. The highest BCUT2D eigenvalue weighted by atomic mass is 28.4. The van der Waals surface area contributed by atoms with Gasteiger partial charge in [0.1, 0.15) is 0 Å². The van der Waals surface area contributed by atoms with Crippen LogP contribution in [0.3, 0.4) is 0 Å². The van der Waals surface area contributed by atoms with E-state index in [0.29, 0.717) is 23.7 Å². The van der Waals surface area contributed by atoms with Crippen LogP contribution in [0.15, 0.2) is 12.2 Å². The van der Waals surface area contributed by atoms with E-state index < -0.39 is 16.6 Å². The molecular formula is C21H42O2Si2. The predicted molar refractivity (Wildman–Crippen MR) is 114 cm³/mol. The Bertz CT molecular complexity index is 453. The van der Waals surface area contributed by atoms with E-state index in [2.05, 4.69) is 79.9 Å². The van der Waals surface area contributed by atoms with Gasteiger partial charge in [-0.15, -0.1) is 0 Å². The molecule has 0 radical (unpaired) electrons. The fraction of sp³-hybridized carbons (Fsp3) is 0.905. The Morgan fingerprint density at radius 1 is 0.720 bits per heavy atom. The van der Waals surface area contributed by atoms with Crippen molar-refractivity contribution in [2.45, 2.75) is 84.2 Å². The van der Waals surface area contributed by atoms with Gasteiger partial charge in [-0.2, -0.15) is 0 Å². The molecule has 0 saturated heterocycles. The monoisotopic (exact) mass is 382 g/mol. The minimum atomic E-state index is -1.68. The minimum absolute atomic E-state index is 0.285. The van der Waals surface area contributed by atoms with Gasteiger partial charge in [-0.25, -0.2) is 0 Å². The molecule has 2 aliphatic carbocycles. The molecule has 4 atom stereocenters. The van der Waals surface area contributed by atoms with Crippen LogP contribution in [0.4, 0.5) is 0 Å². The highest BCUT2D eigenvalue weighted by Crippen LogP contribution is 2.50. The second-order valence-corrected chi connectivity index (χ2v) is 21.0. The number of fused-ring (bicyclic) bond motifs is 2. The Kier molecular flexibility index (Phi) is 5.92.